The second kappa shape index (κ2) is 4.18. The topological polar surface area (TPSA) is 37.5 Å². The Bertz CT molecular complexity index is 638. The van der Waals surface area contributed by atoms with Gasteiger partial charge in [-0.1, -0.05) is 36.0 Å². The van der Waals surface area contributed by atoms with Crippen molar-refractivity contribution in [3.05, 3.63) is 53.7 Å². The highest BCUT2D eigenvalue weighted by Crippen LogP contribution is 2.35. The van der Waals surface area contributed by atoms with Gasteiger partial charge in [0.15, 0.2) is 0 Å². The molecule has 0 bridgehead atoms. The minimum Gasteiger partial charge on any atom is -0.411 e. The van der Waals surface area contributed by atoms with E-state index in [-0.39, 0.29) is 0 Å². The lowest BCUT2D eigenvalue weighted by molar-refractivity contribution is 0.321. The molecule has 3 nitrogen and oxygen atoms in total. The van der Waals surface area contributed by atoms with Crippen LogP contribution in [0.25, 0.3) is 17.5 Å². The third-order valence-electron chi connectivity index (χ3n) is 3.45. The largest absolute Gasteiger partial charge is 0.411 e. The highest BCUT2D eigenvalue weighted by atomic mass is 16.4. The van der Waals surface area contributed by atoms with E-state index in [0.717, 1.165) is 18.5 Å². The summed E-state index contributed by atoms with van der Waals surface area (Å²) in [6.07, 6.45) is 5.28. The predicted octanol–water partition coefficient (Wildman–Crippen LogP) is 3.16. The van der Waals surface area contributed by atoms with Crippen LogP contribution in [-0.2, 0) is 12.8 Å². The molecule has 0 saturated heterocycles. The Hall–Kier alpha value is -2.29. The molecule has 1 aromatic carbocycles. The molecule has 1 aliphatic rings. The molecule has 0 amide bonds. The molecule has 0 unspecified atom stereocenters. The first-order chi connectivity index (χ1) is 8.85. The van der Waals surface area contributed by atoms with Gasteiger partial charge in [-0.25, -0.2) is 0 Å². The molecule has 0 fully saturated rings. The first-order valence-corrected chi connectivity index (χ1v) is 5.97. The van der Waals surface area contributed by atoms with Gasteiger partial charge in [-0.2, -0.15) is 0 Å². The minimum absolute atomic E-state index is 0.856. The third kappa shape index (κ3) is 1.48. The number of nitrogens with zero attached hydrogens (tertiary/aromatic N) is 2. The lowest BCUT2D eigenvalue weighted by Crippen LogP contribution is -2.05. The molecule has 1 aliphatic carbocycles. The summed E-state index contributed by atoms with van der Waals surface area (Å²) in [5, 5.41) is 11.8. The molecule has 0 atom stereocenters. The Kier molecular flexibility index (Phi) is 2.52. The molecule has 1 aromatic heterocycles. The lowest BCUT2D eigenvalue weighted by Gasteiger charge is -2.18. The normalized spacial score (nSPS) is 13.3. The van der Waals surface area contributed by atoms with Gasteiger partial charge in [-0.05, 0) is 30.0 Å². The standard InChI is InChI=1S/C15H14N2O/c1-2-17-13(10-16-18)9-12-8-7-11-5-3-4-6-14(11)15(12)17/h2-6,9-10,18H,1,7-8H2/b16-10-. The van der Waals surface area contributed by atoms with Crippen LogP contribution in [0, 0.1) is 0 Å². The van der Waals surface area contributed by atoms with Crippen LogP contribution in [0.1, 0.15) is 16.8 Å². The second-order valence-corrected chi connectivity index (χ2v) is 4.40. The zero-order chi connectivity index (χ0) is 12.5. The van der Waals surface area contributed by atoms with E-state index in [0.29, 0.717) is 0 Å². The van der Waals surface area contributed by atoms with Gasteiger partial charge in [0.1, 0.15) is 0 Å². The molecule has 0 aliphatic heterocycles. The Labute approximate surface area is 106 Å². The van der Waals surface area contributed by atoms with E-state index in [1.807, 2.05) is 10.6 Å². The first-order valence-electron chi connectivity index (χ1n) is 5.97. The van der Waals surface area contributed by atoms with Gasteiger partial charge in [0.25, 0.3) is 0 Å². The van der Waals surface area contributed by atoms with Gasteiger partial charge in [0.2, 0.25) is 0 Å². The van der Waals surface area contributed by atoms with Crippen molar-refractivity contribution < 1.29 is 5.21 Å². The number of hydrogen-bond donors (Lipinski definition) is 1. The average molecular weight is 238 g/mol. The summed E-state index contributed by atoms with van der Waals surface area (Å²) in [6.45, 7) is 3.85. The summed E-state index contributed by atoms with van der Waals surface area (Å²) >= 11 is 0. The van der Waals surface area contributed by atoms with Crippen LogP contribution in [0.5, 0.6) is 0 Å². The molecule has 0 saturated carbocycles. The quantitative estimate of drug-likeness (QED) is 0.487. The number of oxime groups is 1. The zero-order valence-electron chi connectivity index (χ0n) is 10.0. The first kappa shape index (κ1) is 10.8. The molecule has 2 aromatic rings. The van der Waals surface area contributed by atoms with Crippen LogP contribution in [0.4, 0.5) is 0 Å². The van der Waals surface area contributed by atoms with Crippen LogP contribution < -0.4 is 0 Å². The Morgan fingerprint density at radius 3 is 2.78 bits per heavy atom. The van der Waals surface area contributed by atoms with Crippen molar-refractivity contribution in [3.63, 3.8) is 0 Å². The molecule has 1 heterocycles. The third-order valence-corrected chi connectivity index (χ3v) is 3.45. The molecule has 18 heavy (non-hydrogen) atoms. The fourth-order valence-electron chi connectivity index (χ4n) is 2.69. The van der Waals surface area contributed by atoms with Gasteiger partial charge >= 0.3 is 0 Å². The van der Waals surface area contributed by atoms with E-state index >= 15 is 0 Å². The number of benzene rings is 1. The Morgan fingerprint density at radius 1 is 1.22 bits per heavy atom. The second-order valence-electron chi connectivity index (χ2n) is 4.40. The summed E-state index contributed by atoms with van der Waals surface area (Å²) in [6, 6.07) is 10.5. The Morgan fingerprint density at radius 2 is 2.00 bits per heavy atom. The van der Waals surface area contributed by atoms with Crippen molar-refractivity contribution in [3.8, 4) is 11.3 Å². The maximum atomic E-state index is 8.72. The van der Waals surface area contributed by atoms with Crippen LogP contribution >= 0.6 is 0 Å². The van der Waals surface area contributed by atoms with Crippen molar-refractivity contribution >= 4 is 12.4 Å². The lowest BCUT2D eigenvalue weighted by atomic mass is 9.90. The van der Waals surface area contributed by atoms with Crippen molar-refractivity contribution in [1.82, 2.24) is 4.57 Å². The van der Waals surface area contributed by atoms with Gasteiger partial charge in [0.05, 0.1) is 17.6 Å². The number of hydrogen-bond acceptors (Lipinski definition) is 2. The van der Waals surface area contributed by atoms with E-state index < -0.39 is 0 Å². The minimum atomic E-state index is 0.856. The summed E-state index contributed by atoms with van der Waals surface area (Å²) in [7, 11) is 0. The monoisotopic (exact) mass is 238 g/mol. The molecule has 0 radical (unpaired) electrons. The summed E-state index contributed by atoms with van der Waals surface area (Å²) in [4.78, 5) is 0. The van der Waals surface area contributed by atoms with Gasteiger partial charge in [-0.3, -0.25) is 0 Å². The van der Waals surface area contributed by atoms with Gasteiger partial charge < -0.3 is 9.77 Å². The summed E-state index contributed by atoms with van der Waals surface area (Å²) in [5.41, 5.74) is 5.91. The molecule has 0 spiro atoms. The van der Waals surface area contributed by atoms with E-state index in [1.54, 1.807) is 6.20 Å². The predicted molar refractivity (Wildman–Crippen MR) is 73.0 cm³/mol. The van der Waals surface area contributed by atoms with E-state index in [4.69, 9.17) is 5.21 Å². The smallest absolute Gasteiger partial charge is 0.0901 e. The number of rotatable bonds is 2. The van der Waals surface area contributed by atoms with Gasteiger partial charge in [-0.15, -0.1) is 0 Å². The van der Waals surface area contributed by atoms with Crippen LogP contribution in [0.3, 0.4) is 0 Å². The number of aromatic nitrogens is 1. The van der Waals surface area contributed by atoms with Crippen molar-refractivity contribution in [1.29, 1.82) is 0 Å². The zero-order valence-corrected chi connectivity index (χ0v) is 10.0. The van der Waals surface area contributed by atoms with Crippen molar-refractivity contribution in [2.75, 3.05) is 0 Å². The van der Waals surface area contributed by atoms with Crippen molar-refractivity contribution in [2.45, 2.75) is 12.8 Å². The van der Waals surface area contributed by atoms with Crippen LogP contribution in [0.2, 0.25) is 0 Å². The fourth-order valence-corrected chi connectivity index (χ4v) is 2.69. The van der Waals surface area contributed by atoms with E-state index in [2.05, 4.69) is 36.0 Å². The molecule has 1 N–H and O–H groups in total. The molecule has 90 valence electrons. The van der Waals surface area contributed by atoms with Crippen LogP contribution in [-0.4, -0.2) is 16.0 Å². The number of fused-ring (bicyclic) bond motifs is 3. The molecule has 3 heteroatoms. The van der Waals surface area contributed by atoms with E-state index in [1.165, 1.54) is 28.6 Å². The molecule has 3 rings (SSSR count). The van der Waals surface area contributed by atoms with Crippen molar-refractivity contribution in [2.24, 2.45) is 5.16 Å². The van der Waals surface area contributed by atoms with Gasteiger partial charge in [0, 0.05) is 11.8 Å². The number of aryl methyl sites for hydroxylation is 2. The summed E-state index contributed by atoms with van der Waals surface area (Å²) < 4.78 is 1.98. The SMILES string of the molecule is C=Cn1c(/C=N\O)cc2c1-c1ccccc1CC2. The average Bonchev–Trinajstić information content (AvgIpc) is 2.77. The molecular formula is C15H14N2O. The maximum absolute atomic E-state index is 8.72. The highest BCUT2D eigenvalue weighted by Gasteiger charge is 2.20. The maximum Gasteiger partial charge on any atom is 0.0901 e. The highest BCUT2D eigenvalue weighted by molar-refractivity contribution is 5.84. The Balaban J connectivity index is 2.29. The van der Waals surface area contributed by atoms with Crippen LogP contribution in [0.15, 0.2) is 42.1 Å². The molecular weight excluding hydrogens is 224 g/mol. The summed E-state index contributed by atoms with van der Waals surface area (Å²) in [5.74, 6) is 0. The van der Waals surface area contributed by atoms with E-state index in [9.17, 15) is 0 Å². The fraction of sp³-hybridized carbons (Fsp3) is 0.133.